The molecule has 0 radical (unpaired) electrons. The molecule has 1 N–H and O–H groups in total. The Morgan fingerprint density at radius 1 is 1.00 bits per heavy atom. The molecule has 0 saturated carbocycles. The Kier molecular flexibility index (Phi) is 8.60. The van der Waals surface area contributed by atoms with E-state index in [0.29, 0.717) is 18.4 Å². The lowest BCUT2D eigenvalue weighted by atomic mass is 9.71. The van der Waals surface area contributed by atoms with Gasteiger partial charge < -0.3 is 15.0 Å². The molecule has 1 heterocycles. The van der Waals surface area contributed by atoms with E-state index in [9.17, 15) is 4.79 Å². The Balaban J connectivity index is 1.98. The zero-order valence-corrected chi connectivity index (χ0v) is 20.5. The quantitative estimate of drug-likeness (QED) is 0.434. The summed E-state index contributed by atoms with van der Waals surface area (Å²) in [5, 5.41) is 3.85. The van der Waals surface area contributed by atoms with E-state index in [1.54, 1.807) is 0 Å². The molecule has 2 aromatic carbocycles. The fourth-order valence-electron chi connectivity index (χ4n) is 5.16. The largest absolute Gasteiger partial charge is 0.494 e. The van der Waals surface area contributed by atoms with Crippen LogP contribution < -0.4 is 10.1 Å². The van der Waals surface area contributed by atoms with E-state index < -0.39 is 0 Å². The van der Waals surface area contributed by atoms with Gasteiger partial charge in [-0.25, -0.2) is 0 Å². The first-order valence-electron chi connectivity index (χ1n) is 12.5. The van der Waals surface area contributed by atoms with Crippen LogP contribution in [-0.4, -0.2) is 30.5 Å². The normalized spacial score (nSPS) is 19.7. The number of nitrogens with one attached hydrogen (secondary N) is 1. The number of anilines is 1. The van der Waals surface area contributed by atoms with E-state index >= 15 is 0 Å². The van der Waals surface area contributed by atoms with Crippen LogP contribution in [0.4, 0.5) is 5.69 Å². The molecule has 0 spiro atoms. The predicted octanol–water partition coefficient (Wildman–Crippen LogP) is 7.03. The van der Waals surface area contributed by atoms with Crippen molar-refractivity contribution in [2.75, 3.05) is 25.0 Å². The highest BCUT2D eigenvalue weighted by Gasteiger charge is 2.36. The monoisotopic (exact) mass is 436 g/mol. The Labute approximate surface area is 194 Å². The number of carbonyl (C=O) groups is 1. The topological polar surface area (TPSA) is 41.6 Å². The zero-order chi connectivity index (χ0) is 23.1. The maximum absolute atomic E-state index is 13.0. The molecule has 0 saturated heterocycles. The van der Waals surface area contributed by atoms with Crippen LogP contribution in [0.25, 0.3) is 0 Å². The first-order chi connectivity index (χ1) is 15.6. The number of benzene rings is 2. The van der Waals surface area contributed by atoms with Gasteiger partial charge in [-0.15, -0.1) is 0 Å². The van der Waals surface area contributed by atoms with Gasteiger partial charge in [-0.05, 0) is 86.9 Å². The number of rotatable bonds is 10. The SMILES string of the molecule is CCCCC1C(CC)c2cc(C(=O)N(CC)CC)ccc2NC1c1ccc(OCC)cc1. The summed E-state index contributed by atoms with van der Waals surface area (Å²) < 4.78 is 5.66. The summed E-state index contributed by atoms with van der Waals surface area (Å²) in [4.78, 5) is 14.9. The third-order valence-electron chi connectivity index (χ3n) is 6.89. The number of hydrogen-bond donors (Lipinski definition) is 1. The lowest BCUT2D eigenvalue weighted by molar-refractivity contribution is 0.0773. The van der Waals surface area contributed by atoms with Crippen LogP contribution in [0.5, 0.6) is 5.75 Å². The van der Waals surface area contributed by atoms with Gasteiger partial charge in [0.15, 0.2) is 0 Å². The fraction of sp³-hybridized carbons (Fsp3) is 0.536. The van der Waals surface area contributed by atoms with Crippen LogP contribution in [0.2, 0.25) is 0 Å². The molecule has 4 heteroatoms. The van der Waals surface area contributed by atoms with Crippen LogP contribution in [0, 0.1) is 5.92 Å². The molecule has 3 rings (SSSR count). The molecule has 32 heavy (non-hydrogen) atoms. The lowest BCUT2D eigenvalue weighted by Gasteiger charge is -2.41. The van der Waals surface area contributed by atoms with Crippen molar-refractivity contribution >= 4 is 11.6 Å². The molecular weight excluding hydrogens is 396 g/mol. The van der Waals surface area contributed by atoms with Gasteiger partial charge in [0.05, 0.1) is 12.6 Å². The number of unbranched alkanes of at least 4 members (excludes halogenated alkanes) is 1. The predicted molar refractivity (Wildman–Crippen MR) is 134 cm³/mol. The molecule has 3 unspecified atom stereocenters. The van der Waals surface area contributed by atoms with E-state index in [0.717, 1.165) is 30.8 Å². The molecule has 0 aromatic heterocycles. The van der Waals surface area contributed by atoms with Crippen LogP contribution in [0.3, 0.4) is 0 Å². The minimum absolute atomic E-state index is 0.131. The first-order valence-corrected chi connectivity index (χ1v) is 12.5. The van der Waals surface area contributed by atoms with Gasteiger partial charge in [-0.3, -0.25) is 4.79 Å². The van der Waals surface area contributed by atoms with Crippen molar-refractivity contribution < 1.29 is 9.53 Å². The highest BCUT2D eigenvalue weighted by atomic mass is 16.5. The lowest BCUT2D eigenvalue weighted by Crippen LogP contribution is -2.33. The van der Waals surface area contributed by atoms with Gasteiger partial charge >= 0.3 is 0 Å². The van der Waals surface area contributed by atoms with E-state index in [4.69, 9.17) is 4.74 Å². The number of hydrogen-bond acceptors (Lipinski definition) is 3. The van der Waals surface area contributed by atoms with Gasteiger partial charge in [0.2, 0.25) is 0 Å². The van der Waals surface area contributed by atoms with Crippen molar-refractivity contribution in [2.45, 2.75) is 72.3 Å². The zero-order valence-electron chi connectivity index (χ0n) is 20.5. The summed E-state index contributed by atoms with van der Waals surface area (Å²) in [7, 11) is 0. The van der Waals surface area contributed by atoms with Crippen LogP contribution in [-0.2, 0) is 0 Å². The molecule has 1 aliphatic heterocycles. The van der Waals surface area contributed by atoms with Crippen LogP contribution >= 0.6 is 0 Å². The number of nitrogens with zero attached hydrogens (tertiary/aromatic N) is 1. The maximum atomic E-state index is 13.0. The van der Waals surface area contributed by atoms with Gasteiger partial charge in [-0.2, -0.15) is 0 Å². The van der Waals surface area contributed by atoms with Crippen LogP contribution in [0.15, 0.2) is 42.5 Å². The number of amides is 1. The van der Waals surface area contributed by atoms with Gasteiger partial charge in [0, 0.05) is 24.3 Å². The van der Waals surface area contributed by atoms with E-state index in [-0.39, 0.29) is 11.9 Å². The molecule has 174 valence electrons. The minimum atomic E-state index is 0.131. The summed E-state index contributed by atoms with van der Waals surface area (Å²) in [5.74, 6) is 1.97. The van der Waals surface area contributed by atoms with Gasteiger partial charge in [0.25, 0.3) is 5.91 Å². The smallest absolute Gasteiger partial charge is 0.253 e. The summed E-state index contributed by atoms with van der Waals surface area (Å²) in [6.07, 6.45) is 4.65. The summed E-state index contributed by atoms with van der Waals surface area (Å²) in [6.45, 7) is 12.8. The summed E-state index contributed by atoms with van der Waals surface area (Å²) in [6, 6.07) is 15.1. The number of fused-ring (bicyclic) bond motifs is 1. The van der Waals surface area contributed by atoms with Crippen molar-refractivity contribution in [2.24, 2.45) is 5.92 Å². The molecule has 2 aromatic rings. The maximum Gasteiger partial charge on any atom is 0.253 e. The standard InChI is InChI=1S/C28H40N2O2/c1-6-11-12-24-23(7-2)25-19-21(28(31)30(8-3)9-4)15-18-26(25)29-27(24)20-13-16-22(17-14-20)32-10-5/h13-19,23-24,27,29H,6-12H2,1-5H3. The van der Waals surface area contributed by atoms with E-state index in [1.807, 2.05) is 31.7 Å². The molecule has 0 bridgehead atoms. The Morgan fingerprint density at radius 3 is 2.31 bits per heavy atom. The van der Waals surface area contributed by atoms with Gasteiger partial charge in [0.1, 0.15) is 5.75 Å². The first kappa shape index (κ1) is 24.2. The van der Waals surface area contributed by atoms with Crippen molar-refractivity contribution in [3.63, 3.8) is 0 Å². The second-order valence-corrected chi connectivity index (χ2v) is 8.72. The van der Waals surface area contributed by atoms with E-state index in [1.165, 1.54) is 36.1 Å². The van der Waals surface area contributed by atoms with Crippen molar-refractivity contribution in [1.82, 2.24) is 4.90 Å². The third-order valence-corrected chi connectivity index (χ3v) is 6.89. The number of carbonyl (C=O) groups excluding carboxylic acids is 1. The van der Waals surface area contributed by atoms with Crippen molar-refractivity contribution in [3.8, 4) is 5.75 Å². The second kappa shape index (κ2) is 11.4. The minimum Gasteiger partial charge on any atom is -0.494 e. The Hall–Kier alpha value is -2.49. The Bertz CT molecular complexity index is 874. The van der Waals surface area contributed by atoms with Crippen molar-refractivity contribution in [1.29, 1.82) is 0 Å². The molecule has 0 aliphatic carbocycles. The highest BCUT2D eigenvalue weighted by Crippen LogP contribution is 2.48. The molecular formula is C28H40N2O2. The third kappa shape index (κ3) is 5.11. The van der Waals surface area contributed by atoms with Gasteiger partial charge in [-0.1, -0.05) is 38.8 Å². The highest BCUT2D eigenvalue weighted by molar-refractivity contribution is 5.95. The summed E-state index contributed by atoms with van der Waals surface area (Å²) in [5.41, 5.74) is 4.58. The van der Waals surface area contributed by atoms with Crippen LogP contribution in [0.1, 0.15) is 93.7 Å². The van der Waals surface area contributed by atoms with E-state index in [2.05, 4.69) is 55.6 Å². The molecule has 4 nitrogen and oxygen atoms in total. The van der Waals surface area contributed by atoms with Crippen molar-refractivity contribution in [3.05, 3.63) is 59.2 Å². The number of ether oxygens (including phenoxy) is 1. The molecule has 1 amide bonds. The second-order valence-electron chi connectivity index (χ2n) is 8.72. The summed E-state index contributed by atoms with van der Waals surface area (Å²) >= 11 is 0. The Morgan fingerprint density at radius 2 is 1.72 bits per heavy atom. The average Bonchev–Trinajstić information content (AvgIpc) is 2.83. The molecule has 1 aliphatic rings. The average molecular weight is 437 g/mol. The molecule has 3 atom stereocenters. The molecule has 0 fully saturated rings. The fourth-order valence-corrected chi connectivity index (χ4v) is 5.16.